The molecule has 3 N–H and O–H groups in total. The normalized spacial score (nSPS) is 9.57. The number of benzene rings is 1. The van der Waals surface area contributed by atoms with Crippen molar-refractivity contribution in [2.75, 3.05) is 12.8 Å². The summed E-state index contributed by atoms with van der Waals surface area (Å²) in [5.41, 5.74) is 6.67. The fourth-order valence-electron chi connectivity index (χ4n) is 1.08. The minimum absolute atomic E-state index is 0.286. The van der Waals surface area contributed by atoms with E-state index in [1.807, 2.05) is 0 Å². The van der Waals surface area contributed by atoms with E-state index in [1.165, 1.54) is 7.11 Å². The number of hydrogen-bond acceptors (Lipinski definition) is 4. The molecule has 1 aromatic rings. The molecule has 0 unspecified atom stereocenters. The molecule has 1 rings (SSSR count). The second-order valence-corrected chi connectivity index (χ2v) is 3.51. The Balaban J connectivity index is 3.39. The zero-order valence-corrected chi connectivity index (χ0v) is 9.09. The molecular weight excluding hydrogens is 248 g/mol. The Labute approximate surface area is 89.7 Å². The first-order valence-corrected chi connectivity index (χ1v) is 4.57. The second kappa shape index (κ2) is 4.23. The van der Waals surface area contributed by atoms with Gasteiger partial charge in [0.25, 0.3) is 0 Å². The van der Waals surface area contributed by atoms with Crippen molar-refractivity contribution in [3.8, 4) is 0 Å². The molecule has 0 atom stereocenters. The number of ether oxygens (including phenoxy) is 1. The van der Waals surface area contributed by atoms with E-state index in [2.05, 4.69) is 20.7 Å². The number of nitrogens with two attached hydrogens (primary N) is 1. The molecule has 0 aliphatic carbocycles. The Hall–Kier alpha value is -1.36. The summed E-state index contributed by atoms with van der Waals surface area (Å²) in [5.74, 6) is -0.503. The van der Waals surface area contributed by atoms with Gasteiger partial charge in [0.2, 0.25) is 0 Å². The van der Waals surface area contributed by atoms with Gasteiger partial charge in [-0.05, 0) is 12.1 Å². The van der Waals surface area contributed by atoms with Gasteiger partial charge in [-0.1, -0.05) is 15.9 Å². The molecule has 0 bridgehead atoms. The van der Waals surface area contributed by atoms with Crippen molar-refractivity contribution in [1.82, 2.24) is 0 Å². The largest absolute Gasteiger partial charge is 0.465 e. The van der Waals surface area contributed by atoms with E-state index < -0.39 is 5.97 Å². The number of anilines is 1. The van der Waals surface area contributed by atoms with Gasteiger partial charge in [-0.3, -0.25) is 0 Å². The van der Waals surface area contributed by atoms with Gasteiger partial charge in [-0.25, -0.2) is 4.79 Å². The highest BCUT2D eigenvalue weighted by molar-refractivity contribution is 9.10. The lowest BCUT2D eigenvalue weighted by atomic mass is 10.1. The van der Waals surface area contributed by atoms with Crippen molar-refractivity contribution in [3.05, 3.63) is 27.7 Å². The summed E-state index contributed by atoms with van der Waals surface area (Å²) in [7, 11) is 1.28. The van der Waals surface area contributed by atoms with Crippen LogP contribution < -0.4 is 5.73 Å². The second-order valence-electron chi connectivity index (χ2n) is 2.59. The summed E-state index contributed by atoms with van der Waals surface area (Å²) in [6, 6.07) is 3.20. The average molecular weight is 257 g/mol. The minimum Gasteiger partial charge on any atom is -0.465 e. The van der Waals surface area contributed by atoms with Gasteiger partial charge < -0.3 is 15.9 Å². The molecule has 1 aromatic carbocycles. The molecule has 0 spiro atoms. The predicted molar refractivity (Wildman–Crippen MR) is 57.8 cm³/mol. The summed E-state index contributed by atoms with van der Waals surface area (Å²) >= 11 is 3.21. The monoisotopic (exact) mass is 256 g/mol. The van der Waals surface area contributed by atoms with Gasteiger partial charge in [0.05, 0.1) is 12.7 Å². The Morgan fingerprint density at radius 2 is 2.29 bits per heavy atom. The molecule has 0 aliphatic rings. The van der Waals surface area contributed by atoms with E-state index in [0.717, 1.165) is 6.21 Å². The van der Waals surface area contributed by atoms with Crippen LogP contribution in [-0.4, -0.2) is 19.3 Å². The van der Waals surface area contributed by atoms with Crippen LogP contribution >= 0.6 is 15.9 Å². The smallest absolute Gasteiger partial charge is 0.338 e. The van der Waals surface area contributed by atoms with Gasteiger partial charge in [0.1, 0.15) is 0 Å². The van der Waals surface area contributed by atoms with Gasteiger partial charge in [-0.2, -0.15) is 0 Å². The number of esters is 1. The van der Waals surface area contributed by atoms with E-state index in [9.17, 15) is 4.79 Å². The number of halogens is 1. The third kappa shape index (κ3) is 1.93. The van der Waals surface area contributed by atoms with Crippen LogP contribution in [0.1, 0.15) is 15.9 Å². The van der Waals surface area contributed by atoms with Crippen molar-refractivity contribution in [2.24, 2.45) is 0 Å². The van der Waals surface area contributed by atoms with Crippen molar-refractivity contribution >= 4 is 33.8 Å². The Bertz CT molecular complexity index is 391. The van der Waals surface area contributed by atoms with E-state index in [4.69, 9.17) is 11.1 Å². The van der Waals surface area contributed by atoms with Crippen LogP contribution in [0.4, 0.5) is 5.69 Å². The molecule has 4 nitrogen and oxygen atoms in total. The van der Waals surface area contributed by atoms with Crippen molar-refractivity contribution in [2.45, 2.75) is 0 Å². The number of rotatable bonds is 2. The lowest BCUT2D eigenvalue weighted by molar-refractivity contribution is 0.0600. The van der Waals surface area contributed by atoms with Crippen LogP contribution in [0.25, 0.3) is 0 Å². The number of nitrogens with one attached hydrogen (secondary N) is 1. The molecule has 74 valence electrons. The van der Waals surface area contributed by atoms with E-state index in [-0.39, 0.29) is 5.56 Å². The first-order valence-electron chi connectivity index (χ1n) is 3.78. The molecule has 0 aromatic heterocycles. The first kappa shape index (κ1) is 10.7. The standard InChI is InChI=1S/C9H9BrN2O2/c1-14-9(13)6-2-5(10)3-8(12)7(6)4-11/h2-4,11H,12H2,1H3. The topological polar surface area (TPSA) is 76.2 Å². The highest BCUT2D eigenvalue weighted by Gasteiger charge is 2.13. The first-order chi connectivity index (χ1) is 6.60. The molecule has 0 saturated heterocycles. The summed E-state index contributed by atoms with van der Waals surface area (Å²) in [6.07, 6.45) is 1.04. The molecule has 0 radical (unpaired) electrons. The molecule has 0 saturated carbocycles. The van der Waals surface area contributed by atoms with Crippen molar-refractivity contribution in [1.29, 1.82) is 5.41 Å². The van der Waals surface area contributed by atoms with Gasteiger partial charge >= 0.3 is 5.97 Å². The Morgan fingerprint density at radius 1 is 1.64 bits per heavy atom. The van der Waals surface area contributed by atoms with Crippen LogP contribution in [0.2, 0.25) is 0 Å². The number of carbonyl (C=O) groups is 1. The zero-order chi connectivity index (χ0) is 10.7. The van der Waals surface area contributed by atoms with Crippen LogP contribution in [0.3, 0.4) is 0 Å². The zero-order valence-electron chi connectivity index (χ0n) is 7.50. The molecule has 0 heterocycles. The lowest BCUT2D eigenvalue weighted by Crippen LogP contribution is -2.08. The van der Waals surface area contributed by atoms with E-state index >= 15 is 0 Å². The summed E-state index contributed by atoms with van der Waals surface area (Å²) in [6.45, 7) is 0. The highest BCUT2D eigenvalue weighted by atomic mass is 79.9. The number of nitrogen functional groups attached to an aromatic ring is 1. The quantitative estimate of drug-likeness (QED) is 0.482. The van der Waals surface area contributed by atoms with E-state index in [1.54, 1.807) is 12.1 Å². The molecule has 5 heteroatoms. The minimum atomic E-state index is -0.503. The Kier molecular flexibility index (Phi) is 3.24. The van der Waals surface area contributed by atoms with Crippen molar-refractivity contribution in [3.63, 3.8) is 0 Å². The summed E-state index contributed by atoms with van der Waals surface area (Å²) in [4.78, 5) is 11.3. The molecule has 0 fully saturated rings. The maximum atomic E-state index is 11.3. The lowest BCUT2D eigenvalue weighted by Gasteiger charge is -2.07. The molecule has 0 amide bonds. The fraction of sp³-hybridized carbons (Fsp3) is 0.111. The Morgan fingerprint density at radius 3 is 2.79 bits per heavy atom. The van der Waals surface area contributed by atoms with Crippen LogP contribution in [-0.2, 0) is 4.74 Å². The maximum Gasteiger partial charge on any atom is 0.338 e. The molecule has 14 heavy (non-hydrogen) atoms. The summed E-state index contributed by atoms with van der Waals surface area (Å²) in [5, 5.41) is 7.14. The van der Waals surface area contributed by atoms with Crippen LogP contribution in [0.5, 0.6) is 0 Å². The molecular formula is C9H9BrN2O2. The SMILES string of the molecule is COC(=O)c1cc(Br)cc(N)c1C=N. The van der Waals surface area contributed by atoms with Gasteiger partial charge in [0, 0.05) is 21.9 Å². The third-order valence-electron chi connectivity index (χ3n) is 1.73. The number of carbonyl (C=O) groups excluding carboxylic acids is 1. The summed E-state index contributed by atoms with van der Waals surface area (Å²) < 4.78 is 5.25. The van der Waals surface area contributed by atoms with Gasteiger partial charge in [-0.15, -0.1) is 0 Å². The van der Waals surface area contributed by atoms with Crippen LogP contribution in [0, 0.1) is 5.41 Å². The number of methoxy groups -OCH3 is 1. The highest BCUT2D eigenvalue weighted by Crippen LogP contribution is 2.22. The molecule has 0 aliphatic heterocycles. The number of hydrogen-bond donors (Lipinski definition) is 2. The average Bonchev–Trinajstić information content (AvgIpc) is 2.15. The van der Waals surface area contributed by atoms with Crippen molar-refractivity contribution < 1.29 is 9.53 Å². The fourth-order valence-corrected chi connectivity index (χ4v) is 1.55. The van der Waals surface area contributed by atoms with Crippen LogP contribution in [0.15, 0.2) is 16.6 Å². The predicted octanol–water partition coefficient (Wildman–Crippen LogP) is 1.82. The maximum absolute atomic E-state index is 11.3. The van der Waals surface area contributed by atoms with Gasteiger partial charge in [0.15, 0.2) is 0 Å². The van der Waals surface area contributed by atoms with E-state index in [0.29, 0.717) is 15.7 Å². The third-order valence-corrected chi connectivity index (χ3v) is 2.18.